The maximum atomic E-state index is 12.9. The first-order valence-electron chi connectivity index (χ1n) is 7.37. The summed E-state index contributed by atoms with van der Waals surface area (Å²) in [6.45, 7) is 4.18. The highest BCUT2D eigenvalue weighted by Crippen LogP contribution is 2.17. The molecule has 0 bridgehead atoms. The summed E-state index contributed by atoms with van der Waals surface area (Å²) < 4.78 is 12.9. The Morgan fingerprint density at radius 2 is 1.75 bits per heavy atom. The van der Waals surface area contributed by atoms with Gasteiger partial charge < -0.3 is 16.0 Å². The molecule has 2 rings (SSSR count). The predicted molar refractivity (Wildman–Crippen MR) is 92.5 cm³/mol. The molecule has 2 aromatic carbocycles. The van der Waals surface area contributed by atoms with Crippen LogP contribution in [0.4, 0.5) is 15.8 Å². The van der Waals surface area contributed by atoms with Crippen LogP contribution in [-0.4, -0.2) is 24.9 Å². The van der Waals surface area contributed by atoms with Gasteiger partial charge in [0.15, 0.2) is 0 Å². The van der Waals surface area contributed by atoms with Gasteiger partial charge in [0.25, 0.3) is 5.91 Å². The number of para-hydroxylation sites is 1. The molecule has 6 heteroatoms. The molecule has 0 aromatic heterocycles. The smallest absolute Gasteiger partial charge is 0.257 e. The minimum atomic E-state index is -0.392. The van der Waals surface area contributed by atoms with Gasteiger partial charge in [-0.1, -0.05) is 18.2 Å². The zero-order valence-corrected chi connectivity index (χ0v) is 13.0. The Labute approximate surface area is 139 Å². The molecule has 0 aliphatic rings. The Morgan fingerprint density at radius 1 is 1.04 bits per heavy atom. The molecule has 2 amide bonds. The molecule has 5 nitrogen and oxygen atoms in total. The first kappa shape index (κ1) is 17.4. The van der Waals surface area contributed by atoms with E-state index in [1.807, 2.05) is 0 Å². The fourth-order valence-corrected chi connectivity index (χ4v) is 2.00. The van der Waals surface area contributed by atoms with Crippen molar-refractivity contribution in [3.8, 4) is 0 Å². The molecule has 0 radical (unpaired) electrons. The number of hydrogen-bond donors (Lipinski definition) is 3. The van der Waals surface area contributed by atoms with Gasteiger partial charge >= 0.3 is 0 Å². The van der Waals surface area contributed by atoms with Crippen LogP contribution in [0.5, 0.6) is 0 Å². The molecule has 0 atom stereocenters. The number of nitrogens with one attached hydrogen (secondary N) is 3. The van der Waals surface area contributed by atoms with Crippen molar-refractivity contribution in [2.24, 2.45) is 0 Å². The molecular formula is C18H18FN3O2. The van der Waals surface area contributed by atoms with Crippen LogP contribution in [0.15, 0.2) is 61.2 Å². The van der Waals surface area contributed by atoms with E-state index in [1.54, 1.807) is 30.3 Å². The van der Waals surface area contributed by atoms with E-state index in [1.165, 1.54) is 24.3 Å². The van der Waals surface area contributed by atoms with Crippen LogP contribution >= 0.6 is 0 Å². The molecule has 0 fully saturated rings. The molecule has 0 saturated heterocycles. The summed E-state index contributed by atoms with van der Waals surface area (Å²) in [5.41, 5.74) is 1.19. The van der Waals surface area contributed by atoms with Crippen molar-refractivity contribution < 1.29 is 14.0 Å². The second kappa shape index (κ2) is 8.59. The summed E-state index contributed by atoms with van der Waals surface area (Å²) in [5, 5.41) is 8.24. The molecule has 124 valence electrons. The summed E-state index contributed by atoms with van der Waals surface area (Å²) in [7, 11) is 0. The van der Waals surface area contributed by atoms with Crippen LogP contribution in [-0.2, 0) is 4.79 Å². The highest BCUT2D eigenvalue weighted by Gasteiger charge is 2.13. The van der Waals surface area contributed by atoms with Crippen molar-refractivity contribution in [2.75, 3.05) is 23.7 Å². The van der Waals surface area contributed by atoms with Gasteiger partial charge in [0.05, 0.1) is 17.8 Å². The lowest BCUT2D eigenvalue weighted by molar-refractivity contribution is -0.115. The van der Waals surface area contributed by atoms with Gasteiger partial charge in [-0.2, -0.15) is 0 Å². The van der Waals surface area contributed by atoms with Gasteiger partial charge in [-0.05, 0) is 36.4 Å². The third-order valence-electron chi connectivity index (χ3n) is 3.12. The minimum Gasteiger partial charge on any atom is -0.324 e. The molecular weight excluding hydrogens is 309 g/mol. The average Bonchev–Trinajstić information content (AvgIpc) is 2.57. The van der Waals surface area contributed by atoms with Crippen molar-refractivity contribution in [2.45, 2.75) is 0 Å². The number of anilines is 2. The van der Waals surface area contributed by atoms with E-state index in [9.17, 15) is 14.0 Å². The highest BCUT2D eigenvalue weighted by molar-refractivity contribution is 6.10. The lowest BCUT2D eigenvalue weighted by Crippen LogP contribution is -2.29. The number of carbonyl (C=O) groups is 2. The van der Waals surface area contributed by atoms with Crippen molar-refractivity contribution in [3.05, 3.63) is 72.6 Å². The third kappa shape index (κ3) is 5.03. The van der Waals surface area contributed by atoms with E-state index < -0.39 is 5.91 Å². The highest BCUT2D eigenvalue weighted by atomic mass is 19.1. The van der Waals surface area contributed by atoms with E-state index in [0.29, 0.717) is 23.5 Å². The van der Waals surface area contributed by atoms with E-state index in [2.05, 4.69) is 22.5 Å². The maximum absolute atomic E-state index is 12.9. The predicted octanol–water partition coefficient (Wildman–Crippen LogP) is 2.79. The zero-order chi connectivity index (χ0) is 17.4. The van der Waals surface area contributed by atoms with Crippen molar-refractivity contribution in [1.29, 1.82) is 0 Å². The van der Waals surface area contributed by atoms with Gasteiger partial charge in [0, 0.05) is 12.2 Å². The standard InChI is InChI=1S/C18H18FN3O2/c1-2-11-20-12-17(23)22-16-6-4-3-5-15(16)18(24)21-14-9-7-13(19)8-10-14/h2-10,20H,1,11-12H2,(H,21,24)(H,22,23). The van der Waals surface area contributed by atoms with E-state index in [-0.39, 0.29) is 18.3 Å². The largest absolute Gasteiger partial charge is 0.324 e. The summed E-state index contributed by atoms with van der Waals surface area (Å²) >= 11 is 0. The molecule has 0 saturated carbocycles. The van der Waals surface area contributed by atoms with Crippen LogP contribution in [0.3, 0.4) is 0 Å². The van der Waals surface area contributed by atoms with Gasteiger partial charge in [-0.15, -0.1) is 6.58 Å². The average molecular weight is 327 g/mol. The maximum Gasteiger partial charge on any atom is 0.257 e. The fraction of sp³-hybridized carbons (Fsp3) is 0.111. The summed E-state index contributed by atoms with van der Waals surface area (Å²) in [6, 6.07) is 12.1. The van der Waals surface area contributed by atoms with Gasteiger partial charge in [0.1, 0.15) is 5.82 Å². The molecule has 0 unspecified atom stereocenters. The molecule has 3 N–H and O–H groups in total. The Hall–Kier alpha value is -2.99. The quantitative estimate of drug-likeness (QED) is 0.541. The number of benzene rings is 2. The molecule has 0 heterocycles. The number of rotatable bonds is 7. The number of carbonyl (C=O) groups excluding carboxylic acids is 2. The second-order valence-electron chi connectivity index (χ2n) is 4.97. The van der Waals surface area contributed by atoms with E-state index >= 15 is 0 Å². The molecule has 0 spiro atoms. The van der Waals surface area contributed by atoms with E-state index in [0.717, 1.165) is 0 Å². The molecule has 24 heavy (non-hydrogen) atoms. The van der Waals surface area contributed by atoms with Crippen molar-refractivity contribution >= 4 is 23.2 Å². The van der Waals surface area contributed by atoms with Crippen molar-refractivity contribution in [3.63, 3.8) is 0 Å². The molecule has 0 aliphatic carbocycles. The monoisotopic (exact) mass is 327 g/mol. The van der Waals surface area contributed by atoms with Crippen molar-refractivity contribution in [1.82, 2.24) is 5.32 Å². The van der Waals surface area contributed by atoms with Crippen LogP contribution in [0.2, 0.25) is 0 Å². The summed E-state index contributed by atoms with van der Waals surface area (Å²) in [6.07, 6.45) is 1.65. The lowest BCUT2D eigenvalue weighted by atomic mass is 10.1. The van der Waals surface area contributed by atoms with Gasteiger partial charge in [-0.25, -0.2) is 4.39 Å². The number of amides is 2. The molecule has 2 aromatic rings. The zero-order valence-electron chi connectivity index (χ0n) is 13.0. The minimum absolute atomic E-state index is 0.111. The Bertz CT molecular complexity index is 729. The van der Waals surface area contributed by atoms with Crippen LogP contribution in [0, 0.1) is 5.82 Å². The lowest BCUT2D eigenvalue weighted by Gasteiger charge is -2.11. The Balaban J connectivity index is 2.06. The summed E-state index contributed by atoms with van der Waals surface area (Å²) in [4.78, 5) is 24.3. The second-order valence-corrected chi connectivity index (χ2v) is 4.97. The number of halogens is 1. The van der Waals surface area contributed by atoms with Crippen LogP contribution in [0.25, 0.3) is 0 Å². The van der Waals surface area contributed by atoms with Crippen LogP contribution < -0.4 is 16.0 Å². The summed E-state index contributed by atoms with van der Waals surface area (Å²) in [5.74, 6) is -1.04. The third-order valence-corrected chi connectivity index (χ3v) is 3.12. The van der Waals surface area contributed by atoms with E-state index in [4.69, 9.17) is 0 Å². The first-order valence-corrected chi connectivity index (χ1v) is 7.37. The topological polar surface area (TPSA) is 70.2 Å². The van der Waals surface area contributed by atoms with Gasteiger partial charge in [-0.3, -0.25) is 9.59 Å². The molecule has 0 aliphatic heterocycles. The SMILES string of the molecule is C=CCNCC(=O)Nc1ccccc1C(=O)Nc1ccc(F)cc1. The first-order chi connectivity index (χ1) is 11.6. The fourth-order valence-electron chi connectivity index (χ4n) is 2.00. The Kier molecular flexibility index (Phi) is 6.22. The van der Waals surface area contributed by atoms with Crippen LogP contribution in [0.1, 0.15) is 10.4 Å². The van der Waals surface area contributed by atoms with Gasteiger partial charge in [0.2, 0.25) is 5.91 Å². The Morgan fingerprint density at radius 3 is 2.46 bits per heavy atom. The normalized spacial score (nSPS) is 10.0. The number of hydrogen-bond acceptors (Lipinski definition) is 3.